The molecule has 0 unspecified atom stereocenters. The van der Waals surface area contributed by atoms with Gasteiger partial charge in [0.1, 0.15) is 0 Å². The van der Waals surface area contributed by atoms with E-state index in [2.05, 4.69) is 37.6 Å². The Kier molecular flexibility index (Phi) is 3.21. The van der Waals surface area contributed by atoms with Gasteiger partial charge in [-0.15, -0.1) is 0 Å². The van der Waals surface area contributed by atoms with Gasteiger partial charge in [-0.05, 0) is 59.2 Å². The van der Waals surface area contributed by atoms with Crippen LogP contribution in [0.15, 0.2) is 0 Å². The molecule has 104 valence electrons. The number of likely N-dealkylation sites (N-methyl/N-ethyl adjacent to an activating group) is 1. The maximum Gasteiger partial charge on any atom is 0.226 e. The van der Waals surface area contributed by atoms with Gasteiger partial charge in [0, 0.05) is 30.0 Å². The Balaban J connectivity index is 1.97. The van der Waals surface area contributed by atoms with Crippen molar-refractivity contribution in [1.82, 2.24) is 14.9 Å². The third-order valence-corrected chi connectivity index (χ3v) is 4.84. The fourth-order valence-electron chi connectivity index (χ4n) is 3.44. The lowest BCUT2D eigenvalue weighted by atomic mass is 10.1. The average Bonchev–Trinajstić information content (AvgIpc) is 2.66. The Bertz CT molecular complexity index is 462. The van der Waals surface area contributed by atoms with Crippen LogP contribution >= 0.6 is 0 Å². The highest BCUT2D eigenvalue weighted by Gasteiger charge is 2.38. The van der Waals surface area contributed by atoms with Crippen LogP contribution in [0.25, 0.3) is 0 Å². The lowest BCUT2D eigenvalue weighted by Crippen LogP contribution is -2.39. The first-order chi connectivity index (χ1) is 9.06. The highest BCUT2D eigenvalue weighted by atomic mass is 15.3. The second-order valence-electron chi connectivity index (χ2n) is 6.16. The number of aryl methyl sites for hydroxylation is 2. The van der Waals surface area contributed by atoms with E-state index in [1.54, 1.807) is 0 Å². The fourth-order valence-corrected chi connectivity index (χ4v) is 3.44. The van der Waals surface area contributed by atoms with Crippen LogP contribution in [0.1, 0.15) is 36.2 Å². The van der Waals surface area contributed by atoms with E-state index in [0.29, 0.717) is 12.1 Å². The van der Waals surface area contributed by atoms with Crippen LogP contribution < -0.4 is 4.90 Å². The molecule has 0 radical (unpaired) electrons. The number of anilines is 1. The summed E-state index contributed by atoms with van der Waals surface area (Å²) < 4.78 is 0. The second kappa shape index (κ2) is 4.75. The lowest BCUT2D eigenvalue weighted by Gasteiger charge is -2.29. The molecule has 0 aliphatic carbocycles. The maximum absolute atomic E-state index is 4.76. The predicted molar refractivity (Wildman–Crippen MR) is 77.6 cm³/mol. The minimum atomic E-state index is 0.596. The molecule has 2 fully saturated rings. The highest BCUT2D eigenvalue weighted by molar-refractivity contribution is 5.40. The number of aromatic nitrogens is 2. The molecule has 0 N–H and O–H groups in total. The first-order valence-corrected chi connectivity index (χ1v) is 7.35. The number of nitrogens with zero attached hydrogens (tertiary/aromatic N) is 4. The Morgan fingerprint density at radius 1 is 0.947 bits per heavy atom. The first-order valence-electron chi connectivity index (χ1n) is 7.35. The number of fused-ring (bicyclic) bond motifs is 2. The third-order valence-electron chi connectivity index (χ3n) is 4.84. The quantitative estimate of drug-likeness (QED) is 0.774. The van der Waals surface area contributed by atoms with Gasteiger partial charge in [0.25, 0.3) is 0 Å². The zero-order chi connectivity index (χ0) is 13.6. The molecule has 2 aliphatic rings. The monoisotopic (exact) mass is 260 g/mol. The smallest absolute Gasteiger partial charge is 0.226 e. The van der Waals surface area contributed by atoms with Gasteiger partial charge in [0.05, 0.1) is 0 Å². The van der Waals surface area contributed by atoms with Gasteiger partial charge in [0.2, 0.25) is 5.95 Å². The van der Waals surface area contributed by atoms with Crippen molar-refractivity contribution in [1.29, 1.82) is 0 Å². The minimum absolute atomic E-state index is 0.596. The van der Waals surface area contributed by atoms with Gasteiger partial charge in [-0.2, -0.15) is 0 Å². The lowest BCUT2D eigenvalue weighted by molar-refractivity contribution is 0.315. The van der Waals surface area contributed by atoms with Gasteiger partial charge in [-0.3, -0.25) is 0 Å². The van der Waals surface area contributed by atoms with Crippen molar-refractivity contribution in [3.63, 3.8) is 0 Å². The van der Waals surface area contributed by atoms with Crippen molar-refractivity contribution in [2.24, 2.45) is 0 Å². The largest absolute Gasteiger partial charge is 0.334 e. The Labute approximate surface area is 115 Å². The van der Waals surface area contributed by atoms with E-state index in [4.69, 9.17) is 9.97 Å². The average molecular weight is 260 g/mol. The van der Waals surface area contributed by atoms with E-state index >= 15 is 0 Å². The van der Waals surface area contributed by atoms with Crippen LogP contribution in [-0.2, 0) is 0 Å². The van der Waals surface area contributed by atoms with Crippen LogP contribution in [0.4, 0.5) is 5.95 Å². The molecule has 4 nitrogen and oxygen atoms in total. The number of rotatable bonds is 1. The molecular formula is C15H24N4. The summed E-state index contributed by atoms with van der Waals surface area (Å²) in [7, 11) is 2.23. The van der Waals surface area contributed by atoms with Gasteiger partial charge in [-0.1, -0.05) is 0 Å². The van der Waals surface area contributed by atoms with Gasteiger partial charge in [-0.25, -0.2) is 9.97 Å². The van der Waals surface area contributed by atoms with Crippen molar-refractivity contribution < 1.29 is 0 Å². The molecular weight excluding hydrogens is 236 g/mol. The van der Waals surface area contributed by atoms with Crippen LogP contribution in [0.3, 0.4) is 0 Å². The van der Waals surface area contributed by atoms with E-state index in [9.17, 15) is 0 Å². The second-order valence-corrected chi connectivity index (χ2v) is 6.16. The number of hydrogen-bond acceptors (Lipinski definition) is 4. The summed E-state index contributed by atoms with van der Waals surface area (Å²) in [5.41, 5.74) is 3.47. The van der Waals surface area contributed by atoms with E-state index in [-0.39, 0.29) is 0 Å². The van der Waals surface area contributed by atoms with Crippen molar-refractivity contribution in [2.75, 3.05) is 25.0 Å². The van der Waals surface area contributed by atoms with E-state index in [0.717, 1.165) is 23.9 Å². The summed E-state index contributed by atoms with van der Waals surface area (Å²) in [5, 5.41) is 0. The van der Waals surface area contributed by atoms with Crippen molar-refractivity contribution in [3.05, 3.63) is 17.0 Å². The zero-order valence-corrected chi connectivity index (χ0v) is 12.5. The molecule has 0 aromatic carbocycles. The van der Waals surface area contributed by atoms with E-state index in [1.807, 2.05) is 0 Å². The third kappa shape index (κ3) is 2.22. The number of hydrogen-bond donors (Lipinski definition) is 0. The zero-order valence-electron chi connectivity index (χ0n) is 12.5. The van der Waals surface area contributed by atoms with Gasteiger partial charge >= 0.3 is 0 Å². The molecule has 1 aromatic heterocycles. The van der Waals surface area contributed by atoms with Crippen LogP contribution in [0, 0.1) is 20.8 Å². The molecule has 2 atom stereocenters. The first kappa shape index (κ1) is 12.9. The fraction of sp³-hybridized carbons (Fsp3) is 0.733. The summed E-state index contributed by atoms with van der Waals surface area (Å²) in [6, 6.07) is 1.23. The maximum atomic E-state index is 4.76. The van der Waals surface area contributed by atoms with Crippen molar-refractivity contribution >= 4 is 5.95 Å². The van der Waals surface area contributed by atoms with Crippen LogP contribution in [-0.4, -0.2) is 47.1 Å². The molecule has 3 heterocycles. The highest BCUT2D eigenvalue weighted by Crippen LogP contribution is 2.33. The molecule has 2 bridgehead atoms. The number of likely N-dealkylation sites (tertiary alicyclic amines) is 1. The Morgan fingerprint density at radius 3 is 2.26 bits per heavy atom. The molecule has 2 aliphatic heterocycles. The normalized spacial score (nSPS) is 27.7. The molecule has 1 aromatic rings. The standard InChI is InChI=1S/C15H24N4/c1-10-11(2)16-15(17-12(10)3)19-13-5-6-14(19)9-18(4)8-7-13/h13-14H,5-9H2,1-4H3/t13-,14+/m1/s1. The summed E-state index contributed by atoms with van der Waals surface area (Å²) >= 11 is 0. The minimum Gasteiger partial charge on any atom is -0.334 e. The Morgan fingerprint density at radius 2 is 1.58 bits per heavy atom. The topological polar surface area (TPSA) is 32.3 Å². The molecule has 3 rings (SSSR count). The molecule has 0 spiro atoms. The summed E-state index contributed by atoms with van der Waals surface area (Å²) in [6.45, 7) is 8.64. The summed E-state index contributed by atoms with van der Waals surface area (Å²) in [4.78, 5) is 14.5. The van der Waals surface area contributed by atoms with Crippen LogP contribution in [0.5, 0.6) is 0 Å². The Hall–Kier alpha value is -1.16. The van der Waals surface area contributed by atoms with Gasteiger partial charge < -0.3 is 9.80 Å². The molecule has 0 saturated carbocycles. The molecule has 4 heteroatoms. The molecule has 0 amide bonds. The van der Waals surface area contributed by atoms with E-state index in [1.165, 1.54) is 31.4 Å². The van der Waals surface area contributed by atoms with E-state index < -0.39 is 0 Å². The summed E-state index contributed by atoms with van der Waals surface area (Å²) in [5.74, 6) is 0.961. The van der Waals surface area contributed by atoms with Crippen molar-refractivity contribution in [2.45, 2.75) is 52.1 Å². The van der Waals surface area contributed by atoms with Crippen molar-refractivity contribution in [3.8, 4) is 0 Å². The molecule has 2 saturated heterocycles. The van der Waals surface area contributed by atoms with Gasteiger partial charge in [0.15, 0.2) is 0 Å². The van der Waals surface area contributed by atoms with Crippen LogP contribution in [0.2, 0.25) is 0 Å². The predicted octanol–water partition coefficient (Wildman–Crippen LogP) is 2.07. The SMILES string of the molecule is Cc1nc(N2[C@@H]3CC[C@H]2CN(C)CC3)nc(C)c1C. The molecule has 19 heavy (non-hydrogen) atoms. The summed E-state index contributed by atoms with van der Waals surface area (Å²) in [6.07, 6.45) is 3.82.